The van der Waals surface area contributed by atoms with Gasteiger partial charge in [0.05, 0.1) is 17.1 Å². The van der Waals surface area contributed by atoms with Crippen LogP contribution in [0.15, 0.2) is 60.7 Å². The molecule has 1 amide bonds. The van der Waals surface area contributed by atoms with E-state index in [1.165, 1.54) is 19.3 Å². The van der Waals surface area contributed by atoms with E-state index in [4.69, 9.17) is 4.98 Å². The van der Waals surface area contributed by atoms with Crippen molar-refractivity contribution < 1.29 is 4.79 Å². The minimum absolute atomic E-state index is 0.000866. The fraction of sp³-hybridized carbons (Fsp3) is 0.333. The van der Waals surface area contributed by atoms with Crippen LogP contribution in [0.1, 0.15) is 54.6 Å². The quantitative estimate of drug-likeness (QED) is 0.676. The summed E-state index contributed by atoms with van der Waals surface area (Å²) in [6.45, 7) is 4.11. The number of hydrogen-bond donors (Lipinski definition) is 1. The van der Waals surface area contributed by atoms with Crippen molar-refractivity contribution in [1.82, 2.24) is 10.3 Å². The summed E-state index contributed by atoms with van der Waals surface area (Å²) in [5.41, 5.74) is 2.72. The fourth-order valence-electron chi connectivity index (χ4n) is 3.98. The molecule has 0 saturated carbocycles. The van der Waals surface area contributed by atoms with Gasteiger partial charge in [-0.3, -0.25) is 4.79 Å². The van der Waals surface area contributed by atoms with Crippen molar-refractivity contribution in [2.75, 3.05) is 18.0 Å². The van der Waals surface area contributed by atoms with Crippen molar-refractivity contribution in [3.05, 3.63) is 71.8 Å². The van der Waals surface area contributed by atoms with Crippen LogP contribution in [0.25, 0.3) is 10.9 Å². The molecule has 1 N–H and O–H groups in total. The number of aromatic nitrogens is 1. The van der Waals surface area contributed by atoms with Crippen molar-refractivity contribution in [2.45, 2.75) is 38.6 Å². The second-order valence-corrected chi connectivity index (χ2v) is 7.44. The standard InChI is InChI=1S/C24H27N3O/c1-2-21(18-11-5-3-6-12-18)26-24(28)20-17-23(27-15-9-4-10-16-27)25-22-14-8-7-13-19(20)22/h3,5-8,11-14,17,21H,2,4,9-10,15-16H2,1H3,(H,26,28). The number of benzene rings is 2. The largest absolute Gasteiger partial charge is 0.357 e. The van der Waals surface area contributed by atoms with E-state index in [2.05, 4.69) is 29.3 Å². The molecule has 1 atom stereocenters. The molecule has 4 heteroatoms. The summed E-state index contributed by atoms with van der Waals surface area (Å²) >= 11 is 0. The maximum absolute atomic E-state index is 13.3. The van der Waals surface area contributed by atoms with E-state index in [9.17, 15) is 4.79 Å². The van der Waals surface area contributed by atoms with Crippen LogP contribution in [-0.2, 0) is 0 Å². The van der Waals surface area contributed by atoms with Crippen molar-refractivity contribution in [1.29, 1.82) is 0 Å². The van der Waals surface area contributed by atoms with E-state index >= 15 is 0 Å². The van der Waals surface area contributed by atoms with E-state index < -0.39 is 0 Å². The number of para-hydroxylation sites is 1. The van der Waals surface area contributed by atoms with Crippen molar-refractivity contribution >= 4 is 22.6 Å². The van der Waals surface area contributed by atoms with Gasteiger partial charge in [-0.05, 0) is 43.4 Å². The average Bonchev–Trinajstić information content (AvgIpc) is 2.77. The molecule has 3 aromatic rings. The summed E-state index contributed by atoms with van der Waals surface area (Å²) in [7, 11) is 0. The van der Waals surface area contributed by atoms with Crippen LogP contribution in [-0.4, -0.2) is 24.0 Å². The lowest BCUT2D eigenvalue weighted by Gasteiger charge is -2.28. The molecule has 0 radical (unpaired) electrons. The molecule has 1 saturated heterocycles. The number of fused-ring (bicyclic) bond motifs is 1. The minimum Gasteiger partial charge on any atom is -0.357 e. The van der Waals surface area contributed by atoms with Crippen molar-refractivity contribution in [3.8, 4) is 0 Å². The summed E-state index contributed by atoms with van der Waals surface area (Å²) in [4.78, 5) is 20.4. The number of carbonyl (C=O) groups is 1. The Hall–Kier alpha value is -2.88. The Kier molecular flexibility index (Phi) is 5.56. The van der Waals surface area contributed by atoms with Gasteiger partial charge in [0.25, 0.3) is 5.91 Å². The van der Waals surface area contributed by atoms with Crippen LogP contribution >= 0.6 is 0 Å². The van der Waals surface area contributed by atoms with Crippen LogP contribution in [0.4, 0.5) is 5.82 Å². The third kappa shape index (κ3) is 3.86. The first-order valence-corrected chi connectivity index (χ1v) is 10.3. The van der Waals surface area contributed by atoms with Gasteiger partial charge in [-0.15, -0.1) is 0 Å². The van der Waals surface area contributed by atoms with Crippen molar-refractivity contribution in [3.63, 3.8) is 0 Å². The Morgan fingerprint density at radius 2 is 1.75 bits per heavy atom. The van der Waals surface area contributed by atoms with Gasteiger partial charge in [0.15, 0.2) is 0 Å². The van der Waals surface area contributed by atoms with Crippen LogP contribution < -0.4 is 10.2 Å². The van der Waals surface area contributed by atoms with Gasteiger partial charge >= 0.3 is 0 Å². The lowest BCUT2D eigenvalue weighted by Crippen LogP contribution is -2.31. The number of carbonyl (C=O) groups excluding carboxylic acids is 1. The van der Waals surface area contributed by atoms with Gasteiger partial charge in [-0.2, -0.15) is 0 Å². The number of rotatable bonds is 5. The van der Waals surface area contributed by atoms with E-state index in [-0.39, 0.29) is 11.9 Å². The highest BCUT2D eigenvalue weighted by Gasteiger charge is 2.20. The van der Waals surface area contributed by atoms with Crippen LogP contribution in [0.3, 0.4) is 0 Å². The molecule has 1 aromatic heterocycles. The van der Waals surface area contributed by atoms with Crippen LogP contribution in [0.2, 0.25) is 0 Å². The number of hydrogen-bond acceptors (Lipinski definition) is 3. The van der Waals surface area contributed by atoms with Crippen molar-refractivity contribution in [2.24, 2.45) is 0 Å². The summed E-state index contributed by atoms with van der Waals surface area (Å²) in [5.74, 6) is 0.879. The zero-order chi connectivity index (χ0) is 19.3. The molecular weight excluding hydrogens is 346 g/mol. The molecule has 4 rings (SSSR count). The normalized spacial score (nSPS) is 15.4. The van der Waals surface area contributed by atoms with Gasteiger partial charge in [-0.1, -0.05) is 55.5 Å². The smallest absolute Gasteiger partial charge is 0.252 e. The summed E-state index contributed by atoms with van der Waals surface area (Å²) in [5, 5.41) is 4.14. The Labute approximate surface area is 166 Å². The highest BCUT2D eigenvalue weighted by Crippen LogP contribution is 2.26. The molecule has 0 aliphatic carbocycles. The molecule has 4 nitrogen and oxygen atoms in total. The molecule has 28 heavy (non-hydrogen) atoms. The highest BCUT2D eigenvalue weighted by atomic mass is 16.1. The van der Waals surface area contributed by atoms with Gasteiger partial charge in [0.2, 0.25) is 0 Å². The molecule has 2 heterocycles. The molecule has 1 unspecified atom stereocenters. The third-order valence-electron chi connectivity index (χ3n) is 5.54. The second-order valence-electron chi connectivity index (χ2n) is 7.44. The lowest BCUT2D eigenvalue weighted by molar-refractivity contribution is 0.0937. The zero-order valence-electron chi connectivity index (χ0n) is 16.4. The second kappa shape index (κ2) is 8.42. The topological polar surface area (TPSA) is 45.2 Å². The maximum Gasteiger partial charge on any atom is 0.252 e. The summed E-state index contributed by atoms with van der Waals surface area (Å²) in [6.07, 6.45) is 4.48. The first-order valence-electron chi connectivity index (χ1n) is 10.3. The monoisotopic (exact) mass is 373 g/mol. The molecule has 1 aliphatic heterocycles. The van der Waals surface area contributed by atoms with Gasteiger partial charge < -0.3 is 10.2 Å². The number of pyridine rings is 1. The van der Waals surface area contributed by atoms with E-state index in [0.717, 1.165) is 41.8 Å². The number of anilines is 1. The first-order chi connectivity index (χ1) is 13.8. The van der Waals surface area contributed by atoms with E-state index in [0.29, 0.717) is 5.56 Å². The number of nitrogens with zero attached hydrogens (tertiary/aromatic N) is 2. The molecule has 1 aliphatic rings. The number of nitrogens with one attached hydrogen (secondary N) is 1. The third-order valence-corrected chi connectivity index (χ3v) is 5.54. The summed E-state index contributed by atoms with van der Waals surface area (Å²) in [6, 6.07) is 20.1. The van der Waals surface area contributed by atoms with Crippen LogP contribution in [0, 0.1) is 0 Å². The highest BCUT2D eigenvalue weighted by molar-refractivity contribution is 6.07. The minimum atomic E-state index is -0.0347. The van der Waals surface area contributed by atoms with E-state index in [1.54, 1.807) is 0 Å². The Morgan fingerprint density at radius 3 is 2.50 bits per heavy atom. The number of amides is 1. The lowest BCUT2D eigenvalue weighted by atomic mass is 10.0. The first kappa shape index (κ1) is 18.5. The average molecular weight is 374 g/mol. The SMILES string of the molecule is CCC(NC(=O)c1cc(N2CCCCC2)nc2ccccc12)c1ccccc1. The van der Waals surface area contributed by atoms with E-state index in [1.807, 2.05) is 48.5 Å². The number of piperidine rings is 1. The Bertz CT molecular complexity index is 948. The molecule has 144 valence electrons. The molecule has 0 spiro atoms. The molecule has 1 fully saturated rings. The maximum atomic E-state index is 13.3. The fourth-order valence-corrected chi connectivity index (χ4v) is 3.98. The predicted molar refractivity (Wildman–Crippen MR) is 115 cm³/mol. The predicted octanol–water partition coefficient (Wildman–Crippen LogP) is 5.11. The van der Waals surface area contributed by atoms with Gasteiger partial charge in [0.1, 0.15) is 5.82 Å². The zero-order valence-corrected chi connectivity index (χ0v) is 16.4. The Morgan fingerprint density at radius 1 is 1.04 bits per heavy atom. The molecule has 0 bridgehead atoms. The molecular formula is C24H27N3O. The Balaban J connectivity index is 1.68. The summed E-state index contributed by atoms with van der Waals surface area (Å²) < 4.78 is 0. The van der Waals surface area contributed by atoms with Gasteiger partial charge in [0, 0.05) is 18.5 Å². The van der Waals surface area contributed by atoms with Crippen LogP contribution in [0.5, 0.6) is 0 Å². The van der Waals surface area contributed by atoms with Gasteiger partial charge in [-0.25, -0.2) is 4.98 Å². The molecule has 2 aromatic carbocycles.